The zero-order valence-corrected chi connectivity index (χ0v) is 9.57. The second kappa shape index (κ2) is 6.46. The highest BCUT2D eigenvalue weighted by Gasteiger charge is 2.00. The fourth-order valence-electron chi connectivity index (χ4n) is 1.44. The Kier molecular flexibility index (Phi) is 5.19. The van der Waals surface area contributed by atoms with Crippen LogP contribution in [0.3, 0.4) is 0 Å². The first-order valence-corrected chi connectivity index (χ1v) is 5.62. The largest absolute Gasteiger partial charge is 0.494 e. The Morgan fingerprint density at radius 1 is 1.40 bits per heavy atom. The summed E-state index contributed by atoms with van der Waals surface area (Å²) in [5.41, 5.74) is 1.12. The lowest BCUT2D eigenvalue weighted by Crippen LogP contribution is -2.04. The molecule has 15 heavy (non-hydrogen) atoms. The van der Waals surface area contributed by atoms with Crippen LogP contribution in [0.15, 0.2) is 24.3 Å². The molecule has 0 radical (unpaired) electrons. The van der Waals surface area contributed by atoms with Crippen molar-refractivity contribution in [3.05, 3.63) is 29.8 Å². The lowest BCUT2D eigenvalue weighted by Gasteiger charge is -2.08. The highest BCUT2D eigenvalue weighted by atomic mass is 16.5. The van der Waals surface area contributed by atoms with Crippen molar-refractivity contribution in [2.75, 3.05) is 6.61 Å². The van der Waals surface area contributed by atoms with E-state index in [4.69, 9.17) is 4.74 Å². The molecule has 0 aliphatic rings. The Balaban J connectivity index is 2.50. The minimum absolute atomic E-state index is 0.295. The normalized spacial score (nSPS) is 12.5. The molecule has 0 saturated carbocycles. The molecule has 0 spiro atoms. The second-order valence-electron chi connectivity index (χ2n) is 3.90. The van der Waals surface area contributed by atoms with E-state index in [2.05, 4.69) is 6.92 Å². The van der Waals surface area contributed by atoms with Gasteiger partial charge in [0.25, 0.3) is 0 Å². The third-order valence-electron chi connectivity index (χ3n) is 2.20. The van der Waals surface area contributed by atoms with Gasteiger partial charge in [0.05, 0.1) is 12.7 Å². The van der Waals surface area contributed by atoms with Crippen molar-refractivity contribution in [1.29, 1.82) is 0 Å². The highest BCUT2D eigenvalue weighted by Crippen LogP contribution is 2.15. The molecule has 0 unspecified atom stereocenters. The summed E-state index contributed by atoms with van der Waals surface area (Å²) in [6.45, 7) is 4.71. The summed E-state index contributed by atoms with van der Waals surface area (Å²) in [5, 5.41) is 9.27. The lowest BCUT2D eigenvalue weighted by atomic mass is 10.1. The Hall–Kier alpha value is -1.02. The SMILES string of the molecule is CCCCOc1cccc(C[C@H](C)O)c1. The quantitative estimate of drug-likeness (QED) is 0.728. The van der Waals surface area contributed by atoms with E-state index in [0.717, 1.165) is 30.8 Å². The van der Waals surface area contributed by atoms with Gasteiger partial charge in [-0.3, -0.25) is 0 Å². The van der Waals surface area contributed by atoms with Crippen LogP contribution in [-0.2, 0) is 6.42 Å². The lowest BCUT2D eigenvalue weighted by molar-refractivity contribution is 0.195. The summed E-state index contributed by atoms with van der Waals surface area (Å²) in [4.78, 5) is 0. The van der Waals surface area contributed by atoms with E-state index in [0.29, 0.717) is 6.42 Å². The molecule has 0 fully saturated rings. The van der Waals surface area contributed by atoms with Gasteiger partial charge in [0.15, 0.2) is 0 Å². The first-order chi connectivity index (χ1) is 7.22. The molecular weight excluding hydrogens is 188 g/mol. The molecule has 1 rings (SSSR count). The van der Waals surface area contributed by atoms with Crippen LogP contribution in [0.5, 0.6) is 5.75 Å². The van der Waals surface area contributed by atoms with Crippen molar-refractivity contribution < 1.29 is 9.84 Å². The van der Waals surface area contributed by atoms with Crippen LogP contribution < -0.4 is 4.74 Å². The molecule has 1 aromatic carbocycles. The maximum Gasteiger partial charge on any atom is 0.119 e. The van der Waals surface area contributed by atoms with Gasteiger partial charge >= 0.3 is 0 Å². The summed E-state index contributed by atoms with van der Waals surface area (Å²) in [7, 11) is 0. The summed E-state index contributed by atoms with van der Waals surface area (Å²) in [6.07, 6.45) is 2.62. The van der Waals surface area contributed by atoms with Crippen LogP contribution in [0, 0.1) is 0 Å². The third kappa shape index (κ3) is 4.84. The average Bonchev–Trinajstić information content (AvgIpc) is 2.18. The van der Waals surface area contributed by atoms with Crippen molar-refractivity contribution in [3.8, 4) is 5.75 Å². The number of hydrogen-bond acceptors (Lipinski definition) is 2. The fraction of sp³-hybridized carbons (Fsp3) is 0.538. The van der Waals surface area contributed by atoms with E-state index in [9.17, 15) is 5.11 Å². The molecule has 0 amide bonds. The van der Waals surface area contributed by atoms with E-state index >= 15 is 0 Å². The molecule has 0 bridgehead atoms. The Bertz CT molecular complexity index is 282. The minimum atomic E-state index is -0.295. The van der Waals surface area contributed by atoms with Crippen LogP contribution in [-0.4, -0.2) is 17.8 Å². The van der Waals surface area contributed by atoms with Crippen LogP contribution in [0.4, 0.5) is 0 Å². The van der Waals surface area contributed by atoms with Gasteiger partial charge in [0.1, 0.15) is 5.75 Å². The summed E-state index contributed by atoms with van der Waals surface area (Å²) in [5.74, 6) is 0.904. The number of benzene rings is 1. The average molecular weight is 208 g/mol. The molecule has 0 aromatic heterocycles. The summed E-state index contributed by atoms with van der Waals surface area (Å²) >= 11 is 0. The predicted octanol–water partition coefficient (Wildman–Crippen LogP) is 2.79. The Morgan fingerprint density at radius 2 is 2.20 bits per heavy atom. The first kappa shape index (κ1) is 12.1. The second-order valence-corrected chi connectivity index (χ2v) is 3.90. The van der Waals surface area contributed by atoms with Crippen molar-refractivity contribution in [2.24, 2.45) is 0 Å². The maximum atomic E-state index is 9.27. The molecule has 1 N–H and O–H groups in total. The zero-order chi connectivity index (χ0) is 11.1. The molecule has 1 aromatic rings. The number of unbranched alkanes of at least 4 members (excludes halogenated alkanes) is 1. The third-order valence-corrected chi connectivity index (χ3v) is 2.20. The fourth-order valence-corrected chi connectivity index (χ4v) is 1.44. The standard InChI is InChI=1S/C13H20O2/c1-3-4-8-15-13-7-5-6-12(10-13)9-11(2)14/h5-7,10-11,14H,3-4,8-9H2,1-2H3/t11-/m0/s1. The molecule has 0 saturated heterocycles. The molecule has 0 aliphatic carbocycles. The van der Waals surface area contributed by atoms with Gasteiger partial charge in [-0.25, -0.2) is 0 Å². The predicted molar refractivity (Wildman–Crippen MR) is 62.2 cm³/mol. The van der Waals surface area contributed by atoms with Crippen LogP contribution >= 0.6 is 0 Å². The van der Waals surface area contributed by atoms with Gasteiger partial charge in [0.2, 0.25) is 0 Å². The smallest absolute Gasteiger partial charge is 0.119 e. The van der Waals surface area contributed by atoms with Gasteiger partial charge in [-0.1, -0.05) is 25.5 Å². The van der Waals surface area contributed by atoms with Crippen molar-refractivity contribution in [3.63, 3.8) is 0 Å². The van der Waals surface area contributed by atoms with E-state index < -0.39 is 0 Å². The molecule has 0 heterocycles. The number of rotatable bonds is 6. The van der Waals surface area contributed by atoms with Crippen molar-refractivity contribution >= 4 is 0 Å². The maximum absolute atomic E-state index is 9.27. The monoisotopic (exact) mass is 208 g/mol. The van der Waals surface area contributed by atoms with Crippen molar-refractivity contribution in [2.45, 2.75) is 39.2 Å². The van der Waals surface area contributed by atoms with E-state index in [-0.39, 0.29) is 6.10 Å². The topological polar surface area (TPSA) is 29.5 Å². The molecule has 84 valence electrons. The van der Waals surface area contributed by atoms with Crippen molar-refractivity contribution in [1.82, 2.24) is 0 Å². The summed E-state index contributed by atoms with van der Waals surface area (Å²) in [6, 6.07) is 7.95. The van der Waals surface area contributed by atoms with E-state index in [1.165, 1.54) is 0 Å². The Labute approximate surface area is 91.9 Å². The van der Waals surface area contributed by atoms with Gasteiger partial charge in [0, 0.05) is 0 Å². The van der Waals surface area contributed by atoms with E-state index in [1.807, 2.05) is 24.3 Å². The van der Waals surface area contributed by atoms with Gasteiger partial charge in [-0.05, 0) is 37.5 Å². The number of aliphatic hydroxyl groups is 1. The van der Waals surface area contributed by atoms with Gasteiger partial charge in [-0.2, -0.15) is 0 Å². The van der Waals surface area contributed by atoms with E-state index in [1.54, 1.807) is 6.92 Å². The Morgan fingerprint density at radius 3 is 2.87 bits per heavy atom. The van der Waals surface area contributed by atoms with Crippen LogP contribution in [0.1, 0.15) is 32.3 Å². The van der Waals surface area contributed by atoms with Gasteiger partial charge in [-0.15, -0.1) is 0 Å². The zero-order valence-electron chi connectivity index (χ0n) is 9.57. The number of ether oxygens (including phenoxy) is 1. The number of hydrogen-bond donors (Lipinski definition) is 1. The number of aliphatic hydroxyl groups excluding tert-OH is 1. The highest BCUT2D eigenvalue weighted by molar-refractivity contribution is 5.28. The molecular formula is C13H20O2. The van der Waals surface area contributed by atoms with Crippen LogP contribution in [0.25, 0.3) is 0 Å². The van der Waals surface area contributed by atoms with Gasteiger partial charge < -0.3 is 9.84 Å². The molecule has 2 nitrogen and oxygen atoms in total. The summed E-state index contributed by atoms with van der Waals surface area (Å²) < 4.78 is 5.59. The molecule has 2 heteroatoms. The van der Waals surface area contributed by atoms with Crippen LogP contribution in [0.2, 0.25) is 0 Å². The molecule has 0 aliphatic heterocycles. The molecule has 1 atom stereocenters. The minimum Gasteiger partial charge on any atom is -0.494 e. The first-order valence-electron chi connectivity index (χ1n) is 5.62.